The van der Waals surface area contributed by atoms with Crippen molar-refractivity contribution in [3.05, 3.63) is 143 Å². The van der Waals surface area contributed by atoms with E-state index in [1.54, 1.807) is 16.2 Å². The van der Waals surface area contributed by atoms with Crippen LogP contribution >= 0.6 is 11.3 Å². The van der Waals surface area contributed by atoms with Gasteiger partial charge < -0.3 is 44.4 Å². The summed E-state index contributed by atoms with van der Waals surface area (Å²) in [4.78, 5) is 48.6. The largest absolute Gasteiger partial charge is 0.492 e. The first-order valence-electron chi connectivity index (χ1n) is 24.0. The van der Waals surface area contributed by atoms with Gasteiger partial charge in [0.05, 0.1) is 61.3 Å². The van der Waals surface area contributed by atoms with Crippen LogP contribution < -0.4 is 15.4 Å². The maximum atomic E-state index is 13.4. The van der Waals surface area contributed by atoms with E-state index < -0.39 is 23.6 Å². The van der Waals surface area contributed by atoms with Gasteiger partial charge in [0.1, 0.15) is 30.8 Å². The maximum Gasteiger partial charge on any atom is 0.246 e. The number of rotatable bonds is 28. The fourth-order valence-electron chi connectivity index (χ4n) is 8.45. The van der Waals surface area contributed by atoms with Crippen LogP contribution in [0.5, 0.6) is 5.75 Å². The lowest BCUT2D eigenvalue weighted by molar-refractivity contribution is -0.133. The van der Waals surface area contributed by atoms with Crippen molar-refractivity contribution in [3.8, 4) is 16.2 Å². The number of amides is 2. The Hall–Kier alpha value is -5.58. The van der Waals surface area contributed by atoms with E-state index in [2.05, 4.69) is 94.2 Å². The van der Waals surface area contributed by atoms with E-state index in [-0.39, 0.29) is 51.2 Å². The van der Waals surface area contributed by atoms with E-state index in [9.17, 15) is 19.5 Å². The summed E-state index contributed by atoms with van der Waals surface area (Å²) in [7, 11) is 2.04. The summed E-state index contributed by atoms with van der Waals surface area (Å²) in [6.07, 6.45) is 1.11. The Bertz CT molecular complexity index is 2380. The minimum absolute atomic E-state index is 0.0593. The molecule has 4 aromatic carbocycles. The number of nitrogens with zero attached hydrogens (tertiary/aromatic N) is 3. The molecule has 13 nitrogen and oxygen atoms in total. The molecule has 2 amide bonds. The molecule has 368 valence electrons. The van der Waals surface area contributed by atoms with Crippen LogP contribution in [-0.4, -0.2) is 135 Å². The SMILES string of the molecule is CCC(=C(c1ccccc1)c1ccc(OCCN(C)CCOCCOCCOCC(=O)NC(C=O)(CN2CC(O)CC2C(=O)NCc2ccc(-c3scnc3C)cc2)C(C)C)cc1)c1ccccc1. The zero-order chi connectivity index (χ0) is 49.0. The Morgan fingerprint density at radius 3 is 2.10 bits per heavy atom. The van der Waals surface area contributed by atoms with Gasteiger partial charge in [-0.05, 0) is 83.8 Å². The number of aldehydes is 1. The molecule has 6 rings (SSSR count). The number of thiazole rings is 1. The van der Waals surface area contributed by atoms with Crippen LogP contribution in [0.25, 0.3) is 21.6 Å². The molecule has 3 atom stereocenters. The number of aliphatic hydroxyl groups excluding tert-OH is 1. The van der Waals surface area contributed by atoms with Gasteiger partial charge in [0.25, 0.3) is 0 Å². The number of allylic oxidation sites excluding steroid dienone is 1. The Balaban J connectivity index is 0.836. The number of hydrogen-bond acceptors (Lipinski definition) is 12. The fourth-order valence-corrected chi connectivity index (χ4v) is 9.26. The quantitative estimate of drug-likeness (QED) is 0.0263. The van der Waals surface area contributed by atoms with Crippen LogP contribution in [0.2, 0.25) is 0 Å². The number of nitrogens with one attached hydrogen (secondary N) is 2. The number of likely N-dealkylation sites (tertiary alicyclic amines) is 1. The lowest BCUT2D eigenvalue weighted by Crippen LogP contribution is -2.62. The Kier molecular flexibility index (Phi) is 20.6. The van der Waals surface area contributed by atoms with E-state index in [0.29, 0.717) is 33.0 Å². The predicted molar refractivity (Wildman–Crippen MR) is 273 cm³/mol. The molecule has 0 aliphatic carbocycles. The number of ether oxygens (including phenoxy) is 4. The van der Waals surface area contributed by atoms with Crippen molar-refractivity contribution in [1.29, 1.82) is 0 Å². The summed E-state index contributed by atoms with van der Waals surface area (Å²) in [6.45, 7) is 12.0. The predicted octanol–water partition coefficient (Wildman–Crippen LogP) is 7.31. The molecule has 69 heavy (non-hydrogen) atoms. The molecule has 0 bridgehead atoms. The molecule has 1 aliphatic heterocycles. The van der Waals surface area contributed by atoms with Gasteiger partial charge in [0.2, 0.25) is 11.8 Å². The first-order chi connectivity index (χ1) is 33.5. The zero-order valence-corrected chi connectivity index (χ0v) is 41.5. The third-order valence-electron chi connectivity index (χ3n) is 12.5. The van der Waals surface area contributed by atoms with Crippen molar-refractivity contribution < 1.29 is 38.4 Å². The second-order valence-corrected chi connectivity index (χ2v) is 18.6. The van der Waals surface area contributed by atoms with Crippen LogP contribution in [0.15, 0.2) is 115 Å². The van der Waals surface area contributed by atoms with Crippen LogP contribution in [0, 0.1) is 12.8 Å². The van der Waals surface area contributed by atoms with E-state index in [1.165, 1.54) is 22.3 Å². The number of carbonyl (C=O) groups is 3. The zero-order valence-electron chi connectivity index (χ0n) is 40.7. The van der Waals surface area contributed by atoms with Crippen molar-refractivity contribution >= 4 is 40.6 Å². The van der Waals surface area contributed by atoms with Gasteiger partial charge in [-0.15, -0.1) is 11.3 Å². The van der Waals surface area contributed by atoms with Crippen molar-refractivity contribution in [1.82, 2.24) is 25.4 Å². The molecule has 14 heteroatoms. The van der Waals surface area contributed by atoms with Gasteiger partial charge in [-0.1, -0.05) is 118 Å². The smallest absolute Gasteiger partial charge is 0.246 e. The standard InChI is InChI=1S/C55H69N5O8S/c1-6-49(43-13-9-7-10-14-43)52(44-15-11-8-12-16-44)45-21-23-48(24-22-45)68-28-26-59(5)25-27-65-29-30-66-31-32-67-36-51(63)58-55(38-61,40(2)3)37-60-35-47(62)33-50(60)54(64)56-34-42-17-19-46(20-18-42)53-41(4)57-39-69-53/h7-24,38-40,47,50,62H,6,25-37H2,1-5H3,(H,56,64)(H,58,63). The Morgan fingerprint density at radius 2 is 1.48 bits per heavy atom. The minimum Gasteiger partial charge on any atom is -0.492 e. The number of β-amino-alcohol motifs (C(OH)–C–C–N with tert-alkyl or cyclic N) is 1. The number of likely N-dealkylation sites (N-methyl/N-ethyl adjacent to an activating group) is 1. The van der Waals surface area contributed by atoms with Gasteiger partial charge in [-0.2, -0.15) is 0 Å². The molecule has 0 saturated carbocycles. The summed E-state index contributed by atoms with van der Waals surface area (Å²) >= 11 is 1.59. The highest BCUT2D eigenvalue weighted by Gasteiger charge is 2.44. The number of carbonyl (C=O) groups excluding carboxylic acids is 3. The second kappa shape index (κ2) is 27.0. The van der Waals surface area contributed by atoms with Gasteiger partial charge in [0.15, 0.2) is 0 Å². The molecule has 1 saturated heterocycles. The van der Waals surface area contributed by atoms with Crippen LogP contribution in [0.3, 0.4) is 0 Å². The van der Waals surface area contributed by atoms with Crippen LogP contribution in [-0.2, 0) is 35.1 Å². The normalized spacial score (nSPS) is 16.3. The Morgan fingerprint density at radius 1 is 0.855 bits per heavy atom. The van der Waals surface area contributed by atoms with E-state index in [4.69, 9.17) is 18.9 Å². The average Bonchev–Trinajstić information content (AvgIpc) is 3.97. The average molecular weight is 960 g/mol. The molecule has 0 radical (unpaired) electrons. The first kappa shape index (κ1) is 52.8. The lowest BCUT2D eigenvalue weighted by Gasteiger charge is -2.38. The van der Waals surface area contributed by atoms with Crippen LogP contribution in [0.1, 0.15) is 61.6 Å². The summed E-state index contributed by atoms with van der Waals surface area (Å²) in [5.74, 6) is -0.189. The van der Waals surface area contributed by atoms with Crippen LogP contribution in [0.4, 0.5) is 0 Å². The van der Waals surface area contributed by atoms with Gasteiger partial charge in [-0.25, -0.2) is 4.98 Å². The third kappa shape index (κ3) is 15.5. The summed E-state index contributed by atoms with van der Waals surface area (Å²) < 4.78 is 23.1. The maximum absolute atomic E-state index is 13.4. The monoisotopic (exact) mass is 959 g/mol. The summed E-state index contributed by atoms with van der Waals surface area (Å²) in [5, 5.41) is 16.5. The molecule has 1 aliphatic rings. The van der Waals surface area contributed by atoms with E-state index in [0.717, 1.165) is 58.8 Å². The second-order valence-electron chi connectivity index (χ2n) is 17.8. The summed E-state index contributed by atoms with van der Waals surface area (Å²) in [6, 6.07) is 36.8. The highest BCUT2D eigenvalue weighted by molar-refractivity contribution is 7.13. The molecular formula is C55H69N5O8S. The molecule has 1 fully saturated rings. The topological polar surface area (TPSA) is 152 Å². The minimum atomic E-state index is -1.30. The fraction of sp³-hybridized carbons (Fsp3) is 0.418. The highest BCUT2D eigenvalue weighted by atomic mass is 32.1. The highest BCUT2D eigenvalue weighted by Crippen LogP contribution is 2.35. The van der Waals surface area contributed by atoms with Crippen molar-refractivity contribution in [2.24, 2.45) is 5.92 Å². The van der Waals surface area contributed by atoms with Gasteiger partial charge >= 0.3 is 0 Å². The van der Waals surface area contributed by atoms with Crippen molar-refractivity contribution in [3.63, 3.8) is 0 Å². The molecular weight excluding hydrogens is 891 g/mol. The van der Waals surface area contributed by atoms with E-state index in [1.807, 2.05) is 75.8 Å². The van der Waals surface area contributed by atoms with Crippen molar-refractivity contribution in [2.45, 2.75) is 64.8 Å². The number of aliphatic hydroxyl groups is 1. The van der Waals surface area contributed by atoms with E-state index >= 15 is 0 Å². The molecule has 2 heterocycles. The number of hydrogen-bond donors (Lipinski definition) is 3. The number of aryl methyl sites for hydroxylation is 1. The third-order valence-corrected chi connectivity index (χ3v) is 13.5. The lowest BCUT2D eigenvalue weighted by atomic mass is 9.86. The molecule has 3 unspecified atom stereocenters. The number of aromatic nitrogens is 1. The molecule has 1 aromatic heterocycles. The first-order valence-corrected chi connectivity index (χ1v) is 24.8. The summed E-state index contributed by atoms with van der Waals surface area (Å²) in [5.41, 5.74) is 9.60. The van der Waals surface area contributed by atoms with Gasteiger partial charge in [-0.3, -0.25) is 14.5 Å². The Labute approximate surface area is 411 Å². The van der Waals surface area contributed by atoms with Gasteiger partial charge in [0, 0.05) is 32.7 Å². The number of benzene rings is 4. The molecule has 5 aromatic rings. The van der Waals surface area contributed by atoms with Crippen molar-refractivity contribution in [2.75, 3.05) is 79.5 Å². The molecule has 0 spiro atoms. The molecule has 3 N–H and O–H groups in total.